The molecule has 116 valence electrons. The average Bonchev–Trinajstić information content (AvgIpc) is 2.48. The van der Waals surface area contributed by atoms with Gasteiger partial charge in [-0.1, -0.05) is 24.3 Å². The Morgan fingerprint density at radius 3 is 2.41 bits per heavy atom. The molecule has 0 heterocycles. The summed E-state index contributed by atoms with van der Waals surface area (Å²) < 4.78 is 12.0. The molecular weight excluding hydrogens is 346 g/mol. The smallest absolute Gasteiger partial charge is 0.262 e. The van der Waals surface area contributed by atoms with Crippen LogP contribution in [0, 0.1) is 0 Å². The molecule has 0 aliphatic heterocycles. The topological polar surface area (TPSA) is 47.6 Å². The molecule has 0 saturated heterocycles. The Hall–Kier alpha value is -2.01. The standard InChI is InChI=1S/C17H18BrNO3/c1-12(2)22-16-10-6-4-8-14(16)19-17(20)11-21-15-9-5-3-7-13(15)18/h3-10,12H,11H2,1-2H3,(H,19,20). The quantitative estimate of drug-likeness (QED) is 0.834. The van der Waals surface area contributed by atoms with E-state index in [4.69, 9.17) is 9.47 Å². The number of benzene rings is 2. The van der Waals surface area contributed by atoms with Gasteiger partial charge in [0.25, 0.3) is 5.91 Å². The summed E-state index contributed by atoms with van der Waals surface area (Å²) in [4.78, 5) is 12.0. The Morgan fingerprint density at radius 1 is 1.09 bits per heavy atom. The molecule has 22 heavy (non-hydrogen) atoms. The van der Waals surface area contributed by atoms with Gasteiger partial charge in [0.05, 0.1) is 16.3 Å². The van der Waals surface area contributed by atoms with E-state index in [1.807, 2.05) is 50.2 Å². The molecule has 2 rings (SSSR count). The number of ether oxygens (including phenoxy) is 2. The zero-order chi connectivity index (χ0) is 15.9. The van der Waals surface area contributed by atoms with Crippen molar-refractivity contribution in [3.63, 3.8) is 0 Å². The molecule has 0 atom stereocenters. The van der Waals surface area contributed by atoms with Gasteiger partial charge < -0.3 is 14.8 Å². The first-order valence-electron chi connectivity index (χ1n) is 6.99. The molecule has 1 amide bonds. The van der Waals surface area contributed by atoms with Crippen molar-refractivity contribution in [2.75, 3.05) is 11.9 Å². The van der Waals surface area contributed by atoms with E-state index in [-0.39, 0.29) is 18.6 Å². The fourth-order valence-electron chi connectivity index (χ4n) is 1.82. The lowest BCUT2D eigenvalue weighted by atomic mass is 10.3. The number of anilines is 1. The summed E-state index contributed by atoms with van der Waals surface area (Å²) in [6, 6.07) is 14.7. The van der Waals surface area contributed by atoms with Gasteiger partial charge in [0.15, 0.2) is 6.61 Å². The normalized spacial score (nSPS) is 10.4. The monoisotopic (exact) mass is 363 g/mol. The third-order valence-electron chi connectivity index (χ3n) is 2.72. The van der Waals surface area contributed by atoms with Crippen molar-refractivity contribution in [1.29, 1.82) is 0 Å². The number of para-hydroxylation sites is 3. The van der Waals surface area contributed by atoms with Crippen LogP contribution in [0.5, 0.6) is 11.5 Å². The van der Waals surface area contributed by atoms with Crippen LogP contribution in [-0.4, -0.2) is 18.6 Å². The predicted octanol–water partition coefficient (Wildman–Crippen LogP) is 4.25. The largest absolute Gasteiger partial charge is 0.489 e. The number of hydrogen-bond acceptors (Lipinski definition) is 3. The summed E-state index contributed by atoms with van der Waals surface area (Å²) in [5.74, 6) is 1.03. The SMILES string of the molecule is CC(C)Oc1ccccc1NC(=O)COc1ccccc1Br. The summed E-state index contributed by atoms with van der Waals surface area (Å²) in [7, 11) is 0. The van der Waals surface area contributed by atoms with E-state index in [9.17, 15) is 4.79 Å². The van der Waals surface area contributed by atoms with Crippen molar-refractivity contribution < 1.29 is 14.3 Å². The van der Waals surface area contributed by atoms with Crippen LogP contribution in [0.1, 0.15) is 13.8 Å². The summed E-state index contributed by atoms with van der Waals surface area (Å²) in [6.45, 7) is 3.81. The van der Waals surface area contributed by atoms with Crippen LogP contribution in [-0.2, 0) is 4.79 Å². The average molecular weight is 364 g/mol. The molecule has 1 N–H and O–H groups in total. The van der Waals surface area contributed by atoms with Gasteiger partial charge in [0, 0.05) is 0 Å². The van der Waals surface area contributed by atoms with Crippen molar-refractivity contribution in [2.45, 2.75) is 20.0 Å². The highest BCUT2D eigenvalue weighted by atomic mass is 79.9. The number of amides is 1. The van der Waals surface area contributed by atoms with E-state index < -0.39 is 0 Å². The third kappa shape index (κ3) is 4.77. The van der Waals surface area contributed by atoms with Crippen molar-refractivity contribution in [3.8, 4) is 11.5 Å². The van der Waals surface area contributed by atoms with Crippen LogP contribution >= 0.6 is 15.9 Å². The minimum absolute atomic E-state index is 0.0366. The molecule has 5 heteroatoms. The summed E-state index contributed by atoms with van der Waals surface area (Å²) in [5.41, 5.74) is 0.636. The van der Waals surface area contributed by atoms with Crippen LogP contribution in [0.25, 0.3) is 0 Å². The van der Waals surface area contributed by atoms with E-state index in [1.54, 1.807) is 12.1 Å². The van der Waals surface area contributed by atoms with Crippen molar-refractivity contribution in [3.05, 3.63) is 53.0 Å². The first kappa shape index (κ1) is 16.4. The number of carbonyl (C=O) groups is 1. The van der Waals surface area contributed by atoms with Crippen molar-refractivity contribution in [1.82, 2.24) is 0 Å². The Bertz CT molecular complexity index is 643. The Morgan fingerprint density at radius 2 is 1.73 bits per heavy atom. The molecule has 0 spiro atoms. The molecule has 0 saturated carbocycles. The molecule has 0 bridgehead atoms. The van der Waals surface area contributed by atoms with Gasteiger partial charge in [0.1, 0.15) is 11.5 Å². The molecule has 2 aromatic rings. The second-order valence-corrected chi connectivity index (χ2v) is 5.78. The Balaban J connectivity index is 1.96. The zero-order valence-electron chi connectivity index (χ0n) is 12.5. The van der Waals surface area contributed by atoms with E-state index >= 15 is 0 Å². The molecule has 0 unspecified atom stereocenters. The van der Waals surface area contributed by atoms with Crippen molar-refractivity contribution in [2.24, 2.45) is 0 Å². The zero-order valence-corrected chi connectivity index (χ0v) is 14.1. The number of carbonyl (C=O) groups excluding carboxylic acids is 1. The van der Waals surface area contributed by atoms with Crippen molar-refractivity contribution >= 4 is 27.5 Å². The summed E-state index contributed by atoms with van der Waals surface area (Å²) in [6.07, 6.45) is 0.0366. The minimum Gasteiger partial charge on any atom is -0.489 e. The molecular formula is C17H18BrNO3. The van der Waals surface area contributed by atoms with Crippen LogP contribution in [0.3, 0.4) is 0 Å². The molecule has 0 fully saturated rings. The molecule has 0 aromatic heterocycles. The highest BCUT2D eigenvalue weighted by Gasteiger charge is 2.10. The highest BCUT2D eigenvalue weighted by molar-refractivity contribution is 9.10. The maximum atomic E-state index is 12.0. The van der Waals surface area contributed by atoms with E-state index in [0.717, 1.165) is 4.47 Å². The Kier molecular flexibility index (Phi) is 5.83. The molecule has 0 aliphatic rings. The lowest BCUT2D eigenvalue weighted by Crippen LogP contribution is -2.21. The van der Waals surface area contributed by atoms with Crippen LogP contribution in [0.15, 0.2) is 53.0 Å². The van der Waals surface area contributed by atoms with Gasteiger partial charge in [-0.3, -0.25) is 4.79 Å². The number of nitrogens with one attached hydrogen (secondary N) is 1. The van der Waals surface area contributed by atoms with Gasteiger partial charge in [0.2, 0.25) is 0 Å². The lowest BCUT2D eigenvalue weighted by Gasteiger charge is -2.15. The fraction of sp³-hybridized carbons (Fsp3) is 0.235. The fourth-order valence-corrected chi connectivity index (χ4v) is 2.22. The van der Waals surface area contributed by atoms with E-state index in [2.05, 4.69) is 21.2 Å². The maximum Gasteiger partial charge on any atom is 0.262 e. The van der Waals surface area contributed by atoms with Crippen LogP contribution in [0.4, 0.5) is 5.69 Å². The van der Waals surface area contributed by atoms with Gasteiger partial charge in [-0.15, -0.1) is 0 Å². The van der Waals surface area contributed by atoms with Crippen LogP contribution < -0.4 is 14.8 Å². The number of rotatable bonds is 6. The highest BCUT2D eigenvalue weighted by Crippen LogP contribution is 2.26. The van der Waals surface area contributed by atoms with Crippen LogP contribution in [0.2, 0.25) is 0 Å². The van der Waals surface area contributed by atoms with E-state index in [1.165, 1.54) is 0 Å². The van der Waals surface area contributed by atoms with Gasteiger partial charge >= 0.3 is 0 Å². The van der Waals surface area contributed by atoms with Gasteiger partial charge in [-0.05, 0) is 54.0 Å². The summed E-state index contributed by atoms with van der Waals surface area (Å²) >= 11 is 3.38. The lowest BCUT2D eigenvalue weighted by molar-refractivity contribution is -0.118. The van der Waals surface area contributed by atoms with Gasteiger partial charge in [-0.2, -0.15) is 0 Å². The number of halogens is 1. The molecule has 4 nitrogen and oxygen atoms in total. The first-order chi connectivity index (χ1) is 10.6. The number of hydrogen-bond donors (Lipinski definition) is 1. The Labute approximate surface area is 138 Å². The van der Waals surface area contributed by atoms with Gasteiger partial charge in [-0.25, -0.2) is 0 Å². The first-order valence-corrected chi connectivity index (χ1v) is 7.78. The minimum atomic E-state index is -0.240. The second-order valence-electron chi connectivity index (χ2n) is 4.93. The maximum absolute atomic E-state index is 12.0. The second kappa shape index (κ2) is 7.84. The molecule has 0 aliphatic carbocycles. The predicted molar refractivity (Wildman–Crippen MR) is 90.5 cm³/mol. The van der Waals surface area contributed by atoms with E-state index in [0.29, 0.717) is 17.2 Å². The molecule has 2 aromatic carbocycles. The third-order valence-corrected chi connectivity index (χ3v) is 3.37. The molecule has 0 radical (unpaired) electrons. The summed E-state index contributed by atoms with van der Waals surface area (Å²) in [5, 5.41) is 2.80.